The molecule has 7 nitrogen and oxygen atoms in total. The van der Waals surface area contributed by atoms with Gasteiger partial charge in [0.1, 0.15) is 17.3 Å². The van der Waals surface area contributed by atoms with Crippen LogP contribution in [0.5, 0.6) is 11.5 Å². The maximum absolute atomic E-state index is 13.5. The van der Waals surface area contributed by atoms with Gasteiger partial charge in [0.2, 0.25) is 0 Å². The van der Waals surface area contributed by atoms with Gasteiger partial charge in [0, 0.05) is 53.1 Å². The smallest absolute Gasteiger partial charge is 0.262 e. The van der Waals surface area contributed by atoms with Crippen molar-refractivity contribution in [3.8, 4) is 11.5 Å². The van der Waals surface area contributed by atoms with Gasteiger partial charge in [-0.15, -0.1) is 0 Å². The van der Waals surface area contributed by atoms with Gasteiger partial charge in [-0.05, 0) is 66.6 Å². The van der Waals surface area contributed by atoms with Crippen molar-refractivity contribution in [3.63, 3.8) is 0 Å². The van der Waals surface area contributed by atoms with E-state index in [4.69, 9.17) is 9.47 Å². The number of nitrogens with one attached hydrogen (secondary N) is 2. The van der Waals surface area contributed by atoms with E-state index in [2.05, 4.69) is 10.3 Å². The Morgan fingerprint density at radius 2 is 1.89 bits per heavy atom. The maximum atomic E-state index is 13.5. The van der Waals surface area contributed by atoms with Gasteiger partial charge < -0.3 is 24.7 Å². The van der Waals surface area contributed by atoms with Crippen molar-refractivity contribution in [2.45, 2.75) is 6.42 Å². The number of H-pyrrole nitrogens is 1. The predicted octanol–water partition coefficient (Wildman–Crippen LogP) is 5.26. The van der Waals surface area contributed by atoms with Crippen molar-refractivity contribution in [1.82, 2.24) is 9.88 Å². The SMILES string of the molecule is COc1cccc(NC(=O)COc2ccc(C(=O)N3CC=C(c4c[nH]c5cc(F)ccc45)CC3)cc2)c1. The molecule has 0 saturated heterocycles. The summed E-state index contributed by atoms with van der Waals surface area (Å²) in [6, 6.07) is 18.6. The van der Waals surface area contributed by atoms with E-state index >= 15 is 0 Å². The van der Waals surface area contributed by atoms with E-state index in [-0.39, 0.29) is 24.2 Å². The van der Waals surface area contributed by atoms with Gasteiger partial charge in [-0.2, -0.15) is 0 Å². The molecule has 1 aliphatic heterocycles. The molecule has 37 heavy (non-hydrogen) atoms. The Morgan fingerprint density at radius 3 is 2.65 bits per heavy atom. The zero-order chi connectivity index (χ0) is 25.8. The van der Waals surface area contributed by atoms with Gasteiger partial charge in [0.15, 0.2) is 6.61 Å². The lowest BCUT2D eigenvalue weighted by Crippen LogP contribution is -2.34. The first-order valence-corrected chi connectivity index (χ1v) is 11.9. The van der Waals surface area contributed by atoms with Crippen LogP contribution in [-0.2, 0) is 4.79 Å². The molecule has 0 radical (unpaired) electrons. The number of anilines is 1. The molecule has 0 saturated carbocycles. The summed E-state index contributed by atoms with van der Waals surface area (Å²) in [5.41, 5.74) is 4.10. The molecule has 2 amide bonds. The summed E-state index contributed by atoms with van der Waals surface area (Å²) in [4.78, 5) is 30.1. The number of nitrogens with zero attached hydrogens (tertiary/aromatic N) is 1. The van der Waals surface area contributed by atoms with Gasteiger partial charge in [-0.25, -0.2) is 4.39 Å². The van der Waals surface area contributed by atoms with Crippen LogP contribution in [0, 0.1) is 5.82 Å². The second-order valence-corrected chi connectivity index (χ2v) is 8.72. The highest BCUT2D eigenvalue weighted by molar-refractivity contribution is 5.96. The Bertz CT molecular complexity index is 1480. The van der Waals surface area contributed by atoms with Crippen molar-refractivity contribution >= 4 is 34.0 Å². The summed E-state index contributed by atoms with van der Waals surface area (Å²) in [5, 5.41) is 3.73. The standard InChI is InChI=1S/C29H26FN3O4/c1-36-24-4-2-3-22(16-24)32-28(34)18-37-23-8-5-20(6-9-23)29(35)33-13-11-19(12-14-33)26-17-31-27-15-21(30)7-10-25(26)27/h2-11,15-17,31H,12-14,18H2,1H3,(H,32,34). The van der Waals surface area contributed by atoms with Crippen molar-refractivity contribution in [1.29, 1.82) is 0 Å². The van der Waals surface area contributed by atoms with E-state index in [9.17, 15) is 14.0 Å². The molecular formula is C29H26FN3O4. The van der Waals surface area contributed by atoms with Crippen LogP contribution in [0.25, 0.3) is 16.5 Å². The van der Waals surface area contributed by atoms with Crippen LogP contribution in [0.4, 0.5) is 10.1 Å². The third-order valence-corrected chi connectivity index (χ3v) is 6.31. The average Bonchev–Trinajstić information content (AvgIpc) is 3.35. The summed E-state index contributed by atoms with van der Waals surface area (Å²) in [5.74, 6) is 0.495. The number of fused-ring (bicyclic) bond motifs is 1. The molecule has 0 spiro atoms. The number of aromatic nitrogens is 1. The number of carbonyl (C=O) groups is 2. The minimum atomic E-state index is -0.301. The zero-order valence-corrected chi connectivity index (χ0v) is 20.3. The molecule has 3 aromatic carbocycles. The topological polar surface area (TPSA) is 83.7 Å². The number of benzene rings is 3. The summed E-state index contributed by atoms with van der Waals surface area (Å²) >= 11 is 0. The van der Waals surface area contributed by atoms with E-state index in [1.165, 1.54) is 12.1 Å². The number of methoxy groups -OCH3 is 1. The van der Waals surface area contributed by atoms with E-state index in [0.29, 0.717) is 42.3 Å². The lowest BCUT2D eigenvalue weighted by Gasteiger charge is -2.26. The van der Waals surface area contributed by atoms with Crippen LogP contribution in [0.2, 0.25) is 0 Å². The molecule has 8 heteroatoms. The van der Waals surface area contributed by atoms with Crippen LogP contribution in [0.1, 0.15) is 22.3 Å². The third-order valence-electron chi connectivity index (χ3n) is 6.31. The number of ether oxygens (including phenoxy) is 2. The van der Waals surface area contributed by atoms with Crippen molar-refractivity contribution in [3.05, 3.63) is 95.9 Å². The number of carbonyl (C=O) groups excluding carboxylic acids is 2. The Kier molecular flexibility index (Phi) is 6.89. The van der Waals surface area contributed by atoms with E-state index in [0.717, 1.165) is 22.0 Å². The van der Waals surface area contributed by atoms with Crippen molar-refractivity contribution in [2.75, 3.05) is 32.1 Å². The van der Waals surface area contributed by atoms with Gasteiger partial charge in [0.05, 0.1) is 7.11 Å². The monoisotopic (exact) mass is 499 g/mol. The molecule has 1 aliphatic rings. The predicted molar refractivity (Wildman–Crippen MR) is 140 cm³/mol. The second kappa shape index (κ2) is 10.6. The van der Waals surface area contributed by atoms with Crippen molar-refractivity contribution in [2.24, 2.45) is 0 Å². The van der Waals surface area contributed by atoms with Gasteiger partial charge in [-0.1, -0.05) is 12.1 Å². The normalized spacial score (nSPS) is 13.2. The summed E-state index contributed by atoms with van der Waals surface area (Å²) < 4.78 is 24.2. The van der Waals surface area contributed by atoms with Crippen LogP contribution in [-0.4, -0.2) is 48.5 Å². The molecule has 0 bridgehead atoms. The van der Waals surface area contributed by atoms with Gasteiger partial charge in [0.25, 0.3) is 11.8 Å². The fourth-order valence-corrected chi connectivity index (χ4v) is 4.39. The molecule has 0 unspecified atom stereocenters. The van der Waals surface area contributed by atoms with E-state index in [1.807, 2.05) is 12.3 Å². The zero-order valence-electron chi connectivity index (χ0n) is 20.3. The minimum absolute atomic E-state index is 0.0707. The van der Waals surface area contributed by atoms with Crippen molar-refractivity contribution < 1.29 is 23.5 Å². The number of aromatic amines is 1. The minimum Gasteiger partial charge on any atom is -0.497 e. The Morgan fingerprint density at radius 1 is 1.05 bits per heavy atom. The molecule has 0 atom stereocenters. The second-order valence-electron chi connectivity index (χ2n) is 8.72. The Hall–Kier alpha value is -4.59. The molecule has 2 heterocycles. The fraction of sp³-hybridized carbons (Fsp3) is 0.172. The molecule has 188 valence electrons. The Labute approximate surface area is 213 Å². The highest BCUT2D eigenvalue weighted by Gasteiger charge is 2.21. The molecular weight excluding hydrogens is 473 g/mol. The number of rotatable bonds is 7. The van der Waals surface area contributed by atoms with Gasteiger partial charge in [-0.3, -0.25) is 9.59 Å². The molecule has 0 fully saturated rings. The molecule has 1 aromatic heterocycles. The van der Waals surface area contributed by atoms with Crippen LogP contribution in [0.15, 0.2) is 79.0 Å². The average molecular weight is 500 g/mol. The van der Waals surface area contributed by atoms with Gasteiger partial charge >= 0.3 is 0 Å². The number of hydrogen-bond donors (Lipinski definition) is 2. The summed E-state index contributed by atoms with van der Waals surface area (Å²) in [6.07, 6.45) is 4.65. The first kappa shape index (κ1) is 24.1. The van der Waals surface area contributed by atoms with Crippen LogP contribution >= 0.6 is 0 Å². The number of amides is 2. The Balaban J connectivity index is 1.15. The molecule has 4 aromatic rings. The first-order chi connectivity index (χ1) is 18.0. The van der Waals surface area contributed by atoms with Crippen LogP contribution < -0.4 is 14.8 Å². The van der Waals surface area contributed by atoms with E-state index < -0.39 is 0 Å². The number of halogens is 1. The highest BCUT2D eigenvalue weighted by atomic mass is 19.1. The third kappa shape index (κ3) is 5.48. The lowest BCUT2D eigenvalue weighted by atomic mass is 9.98. The molecule has 0 aliphatic carbocycles. The molecule has 2 N–H and O–H groups in total. The fourth-order valence-electron chi connectivity index (χ4n) is 4.39. The van der Waals surface area contributed by atoms with Crippen LogP contribution in [0.3, 0.4) is 0 Å². The summed E-state index contributed by atoms with van der Waals surface area (Å²) in [7, 11) is 1.56. The largest absolute Gasteiger partial charge is 0.497 e. The highest BCUT2D eigenvalue weighted by Crippen LogP contribution is 2.30. The maximum Gasteiger partial charge on any atom is 0.262 e. The lowest BCUT2D eigenvalue weighted by molar-refractivity contribution is -0.118. The first-order valence-electron chi connectivity index (χ1n) is 11.9. The summed E-state index contributed by atoms with van der Waals surface area (Å²) in [6.45, 7) is 0.913. The molecule has 5 rings (SSSR count). The number of hydrogen-bond acceptors (Lipinski definition) is 4. The quantitative estimate of drug-likeness (QED) is 0.363. The van der Waals surface area contributed by atoms with E-state index in [1.54, 1.807) is 66.6 Å².